The van der Waals surface area contributed by atoms with Gasteiger partial charge in [-0.15, -0.1) is 0 Å². The molecule has 0 aromatic carbocycles. The molecule has 1 heterocycles. The Morgan fingerprint density at radius 3 is 3.00 bits per heavy atom. The van der Waals surface area contributed by atoms with Crippen LogP contribution in [0.3, 0.4) is 0 Å². The number of carboxylic acid groups (broad SMARTS) is 1. The van der Waals surface area contributed by atoms with Crippen LogP contribution in [0.1, 0.15) is 12.8 Å². The van der Waals surface area contributed by atoms with E-state index in [1.54, 1.807) is 0 Å². The number of hydrogen-bond donors (Lipinski definition) is 1. The molecule has 0 spiro atoms. The zero-order valence-corrected chi connectivity index (χ0v) is 6.53. The molecule has 0 aromatic rings. The number of fused-ring (bicyclic) bond motifs is 2. The maximum Gasteiger partial charge on any atom is 0.333 e. The van der Waals surface area contributed by atoms with E-state index in [1.807, 2.05) is 0 Å². The van der Waals surface area contributed by atoms with E-state index in [-0.39, 0.29) is 17.6 Å². The summed E-state index contributed by atoms with van der Waals surface area (Å²) in [4.78, 5) is 21.8. The molecule has 3 unspecified atom stereocenters. The first kappa shape index (κ1) is 7.73. The van der Waals surface area contributed by atoms with Crippen LogP contribution in [0.5, 0.6) is 0 Å². The third-order valence-electron chi connectivity index (χ3n) is 2.61. The van der Waals surface area contributed by atoms with Crippen molar-refractivity contribution in [3.05, 3.63) is 0 Å². The van der Waals surface area contributed by atoms with Gasteiger partial charge in [-0.3, -0.25) is 4.79 Å². The fraction of sp³-hybridized carbons (Fsp3) is 0.750. The van der Waals surface area contributed by atoms with Crippen molar-refractivity contribution in [1.82, 2.24) is 0 Å². The zero-order chi connectivity index (χ0) is 8.72. The smallest absolute Gasteiger partial charge is 0.333 e. The lowest BCUT2D eigenvalue weighted by atomic mass is 9.96. The van der Waals surface area contributed by atoms with E-state index in [4.69, 9.17) is 9.84 Å². The van der Waals surface area contributed by atoms with Crippen molar-refractivity contribution in [2.24, 2.45) is 11.8 Å². The van der Waals surface area contributed by atoms with Crippen molar-refractivity contribution < 1.29 is 19.4 Å². The predicted molar refractivity (Wildman–Crippen MR) is 38.6 cm³/mol. The number of ketones is 1. The number of hydrogen-bond acceptors (Lipinski definition) is 3. The summed E-state index contributed by atoms with van der Waals surface area (Å²) < 4.78 is 5.08. The normalized spacial score (nSPS) is 40.0. The van der Waals surface area contributed by atoms with Crippen LogP contribution in [0.2, 0.25) is 0 Å². The van der Waals surface area contributed by atoms with Gasteiger partial charge in [0.2, 0.25) is 0 Å². The van der Waals surface area contributed by atoms with Gasteiger partial charge in [-0.05, 0) is 12.3 Å². The first-order valence-electron chi connectivity index (χ1n) is 4.05. The zero-order valence-electron chi connectivity index (χ0n) is 6.53. The Kier molecular flexibility index (Phi) is 1.65. The first-order chi connectivity index (χ1) is 5.68. The molecular weight excluding hydrogens is 160 g/mol. The van der Waals surface area contributed by atoms with E-state index < -0.39 is 12.1 Å². The maximum atomic E-state index is 11.2. The van der Waals surface area contributed by atoms with Gasteiger partial charge in [0.1, 0.15) is 5.78 Å². The van der Waals surface area contributed by atoms with Crippen LogP contribution >= 0.6 is 0 Å². The fourth-order valence-corrected chi connectivity index (χ4v) is 2.03. The molecule has 2 rings (SSSR count). The summed E-state index contributed by atoms with van der Waals surface area (Å²) in [6.07, 6.45) is 0.334. The second-order valence-electron chi connectivity index (χ2n) is 3.47. The lowest BCUT2D eigenvalue weighted by Crippen LogP contribution is -2.37. The summed E-state index contributed by atoms with van der Waals surface area (Å²) in [6.45, 7) is 0.430. The molecule has 66 valence electrons. The highest BCUT2D eigenvalue weighted by Crippen LogP contribution is 2.36. The highest BCUT2D eigenvalue weighted by atomic mass is 16.5. The summed E-state index contributed by atoms with van der Waals surface area (Å²) in [5.74, 6) is -1.04. The molecule has 1 aliphatic carbocycles. The minimum Gasteiger partial charge on any atom is -0.479 e. The predicted octanol–water partition coefficient (Wildman–Crippen LogP) is 0.0651. The fourth-order valence-electron chi connectivity index (χ4n) is 2.03. The Morgan fingerprint density at radius 1 is 1.58 bits per heavy atom. The van der Waals surface area contributed by atoms with Gasteiger partial charge in [0.05, 0.1) is 12.5 Å². The van der Waals surface area contributed by atoms with Crippen LogP contribution < -0.4 is 0 Å². The van der Waals surface area contributed by atoms with Gasteiger partial charge in [0.25, 0.3) is 0 Å². The third kappa shape index (κ3) is 1.03. The molecule has 2 fully saturated rings. The SMILES string of the molecule is O=C1CC2COC(C(=O)O)C1C2. The molecule has 1 N–H and O–H groups in total. The Balaban J connectivity index is 2.18. The highest BCUT2D eigenvalue weighted by Gasteiger charge is 2.45. The Bertz CT molecular complexity index is 235. The van der Waals surface area contributed by atoms with Gasteiger partial charge < -0.3 is 9.84 Å². The van der Waals surface area contributed by atoms with Crippen molar-refractivity contribution in [3.63, 3.8) is 0 Å². The van der Waals surface area contributed by atoms with Gasteiger partial charge in [0, 0.05) is 6.42 Å². The topological polar surface area (TPSA) is 63.6 Å². The molecule has 0 radical (unpaired) electrons. The quantitative estimate of drug-likeness (QED) is 0.604. The summed E-state index contributed by atoms with van der Waals surface area (Å²) >= 11 is 0. The Hall–Kier alpha value is -0.900. The van der Waals surface area contributed by atoms with Crippen molar-refractivity contribution in [2.75, 3.05) is 6.61 Å². The molecule has 3 atom stereocenters. The Labute approximate surface area is 69.5 Å². The van der Waals surface area contributed by atoms with Crippen LogP contribution in [0.4, 0.5) is 0 Å². The average Bonchev–Trinajstić information content (AvgIpc) is 2.28. The van der Waals surface area contributed by atoms with Crippen molar-refractivity contribution in [1.29, 1.82) is 0 Å². The summed E-state index contributed by atoms with van der Waals surface area (Å²) in [5, 5.41) is 8.70. The number of carbonyl (C=O) groups is 2. The lowest BCUT2D eigenvalue weighted by molar-refractivity contribution is -0.159. The first-order valence-corrected chi connectivity index (χ1v) is 4.05. The van der Waals surface area contributed by atoms with E-state index in [9.17, 15) is 9.59 Å². The molecular formula is C8H10O4. The van der Waals surface area contributed by atoms with Crippen LogP contribution in [-0.2, 0) is 14.3 Å². The molecule has 1 aliphatic heterocycles. The number of Topliss-reactive ketones (excluding diaryl/α,β-unsaturated/α-hetero) is 1. The third-order valence-corrected chi connectivity index (χ3v) is 2.61. The molecule has 0 amide bonds. The number of aliphatic carboxylic acids is 1. The van der Waals surface area contributed by atoms with Gasteiger partial charge >= 0.3 is 5.97 Å². The van der Waals surface area contributed by atoms with Gasteiger partial charge in [-0.25, -0.2) is 4.79 Å². The van der Waals surface area contributed by atoms with E-state index in [0.717, 1.165) is 0 Å². The maximum absolute atomic E-state index is 11.2. The van der Waals surface area contributed by atoms with Gasteiger partial charge in [0.15, 0.2) is 6.10 Å². The van der Waals surface area contributed by atoms with Crippen LogP contribution in [0.15, 0.2) is 0 Å². The molecule has 12 heavy (non-hydrogen) atoms. The minimum absolute atomic E-state index is 0.0601. The molecule has 2 bridgehead atoms. The van der Waals surface area contributed by atoms with E-state index in [2.05, 4.69) is 0 Å². The van der Waals surface area contributed by atoms with Crippen molar-refractivity contribution >= 4 is 11.8 Å². The monoisotopic (exact) mass is 170 g/mol. The van der Waals surface area contributed by atoms with Gasteiger partial charge in [-0.2, -0.15) is 0 Å². The van der Waals surface area contributed by atoms with E-state index >= 15 is 0 Å². The lowest BCUT2D eigenvalue weighted by Gasteiger charge is -2.24. The second-order valence-corrected chi connectivity index (χ2v) is 3.47. The molecule has 1 saturated heterocycles. The highest BCUT2D eigenvalue weighted by molar-refractivity contribution is 5.89. The summed E-state index contributed by atoms with van der Waals surface area (Å²) in [7, 11) is 0. The van der Waals surface area contributed by atoms with Crippen LogP contribution in [0.25, 0.3) is 0 Å². The summed E-state index contributed by atoms with van der Waals surface area (Å²) in [5.41, 5.74) is 0. The van der Waals surface area contributed by atoms with Crippen molar-refractivity contribution in [2.45, 2.75) is 18.9 Å². The largest absolute Gasteiger partial charge is 0.479 e. The van der Waals surface area contributed by atoms with Crippen LogP contribution in [0, 0.1) is 11.8 Å². The Morgan fingerprint density at radius 2 is 2.33 bits per heavy atom. The number of ether oxygens (including phenoxy) is 1. The van der Waals surface area contributed by atoms with E-state index in [1.165, 1.54) is 0 Å². The van der Waals surface area contributed by atoms with E-state index in [0.29, 0.717) is 19.4 Å². The number of carbonyl (C=O) groups excluding carboxylic acids is 1. The molecule has 4 nitrogen and oxygen atoms in total. The number of rotatable bonds is 1. The standard InChI is InChI=1S/C8H10O4/c9-6-2-4-1-5(6)7(8(10)11)12-3-4/h4-5,7H,1-3H2,(H,10,11). The summed E-state index contributed by atoms with van der Waals surface area (Å²) in [6, 6.07) is 0. The minimum atomic E-state index is -1.01. The van der Waals surface area contributed by atoms with Gasteiger partial charge in [-0.1, -0.05) is 0 Å². The average molecular weight is 170 g/mol. The molecule has 4 heteroatoms. The molecule has 1 saturated carbocycles. The molecule has 0 aromatic heterocycles. The van der Waals surface area contributed by atoms with Crippen molar-refractivity contribution in [3.8, 4) is 0 Å². The molecule has 2 aliphatic rings. The number of carboxylic acids is 1. The van der Waals surface area contributed by atoms with Crippen LogP contribution in [-0.4, -0.2) is 29.6 Å². The second kappa shape index (κ2) is 2.55.